The Kier molecular flexibility index (Phi) is 4.24. The van der Waals surface area contributed by atoms with E-state index < -0.39 is 0 Å². The Hall–Kier alpha value is -1.96. The van der Waals surface area contributed by atoms with Crippen LogP contribution < -0.4 is 10.1 Å². The molecule has 2 heteroatoms. The molecule has 0 spiro atoms. The van der Waals surface area contributed by atoms with Gasteiger partial charge in [-0.15, -0.1) is 0 Å². The van der Waals surface area contributed by atoms with Gasteiger partial charge in [-0.05, 0) is 24.1 Å². The average Bonchev–Trinajstić information content (AvgIpc) is 2.45. The van der Waals surface area contributed by atoms with Crippen molar-refractivity contribution < 1.29 is 4.74 Å². The molecule has 0 fully saturated rings. The minimum atomic E-state index is 0.779. The monoisotopic (exact) mass is 241 g/mol. The molecule has 0 aromatic heterocycles. The van der Waals surface area contributed by atoms with E-state index in [0.717, 1.165) is 18.7 Å². The van der Waals surface area contributed by atoms with E-state index in [0.29, 0.717) is 0 Å². The molecule has 0 radical (unpaired) electrons. The fourth-order valence-corrected chi connectivity index (χ4v) is 2.04. The summed E-state index contributed by atoms with van der Waals surface area (Å²) in [7, 11) is 1.71. The number of nitrogens with one attached hydrogen (secondary N) is 1. The van der Waals surface area contributed by atoms with Crippen LogP contribution in [0.5, 0.6) is 5.75 Å². The number of hydrogen-bond donors (Lipinski definition) is 1. The summed E-state index contributed by atoms with van der Waals surface area (Å²) < 4.78 is 5.35. The number of aryl methyl sites for hydroxylation is 1. The van der Waals surface area contributed by atoms with Crippen LogP contribution in [0.1, 0.15) is 18.1 Å². The fourth-order valence-electron chi connectivity index (χ4n) is 2.04. The first-order valence-corrected chi connectivity index (χ1v) is 6.28. The van der Waals surface area contributed by atoms with Crippen molar-refractivity contribution >= 4 is 5.69 Å². The summed E-state index contributed by atoms with van der Waals surface area (Å²) in [5.41, 5.74) is 3.71. The molecule has 0 bridgehead atoms. The molecule has 0 saturated heterocycles. The summed E-state index contributed by atoms with van der Waals surface area (Å²) in [5, 5.41) is 3.48. The molecule has 0 aliphatic rings. The molecule has 0 aliphatic carbocycles. The van der Waals surface area contributed by atoms with Gasteiger partial charge in [-0.2, -0.15) is 0 Å². The Balaban J connectivity index is 2.11. The number of methoxy groups -OCH3 is 1. The molecule has 94 valence electrons. The molecule has 18 heavy (non-hydrogen) atoms. The van der Waals surface area contributed by atoms with Crippen molar-refractivity contribution in [3.8, 4) is 5.75 Å². The predicted molar refractivity (Wildman–Crippen MR) is 76.1 cm³/mol. The standard InChI is InChI=1S/C16H19NO/c1-3-13-8-4-6-10-15(13)17-12-14-9-5-7-11-16(14)18-2/h4-11,17H,3,12H2,1-2H3. The zero-order valence-electron chi connectivity index (χ0n) is 10.9. The molecule has 2 nitrogen and oxygen atoms in total. The van der Waals surface area contributed by atoms with Crippen LogP contribution in [0.3, 0.4) is 0 Å². The summed E-state index contributed by atoms with van der Waals surface area (Å²) in [6, 6.07) is 16.5. The second-order valence-corrected chi connectivity index (χ2v) is 4.18. The van der Waals surface area contributed by atoms with Crippen LogP contribution in [0, 0.1) is 0 Å². The maximum Gasteiger partial charge on any atom is 0.123 e. The quantitative estimate of drug-likeness (QED) is 0.858. The summed E-state index contributed by atoms with van der Waals surface area (Å²) in [6.45, 7) is 2.95. The van der Waals surface area contributed by atoms with Crippen molar-refractivity contribution in [3.63, 3.8) is 0 Å². The van der Waals surface area contributed by atoms with Crippen molar-refractivity contribution in [2.75, 3.05) is 12.4 Å². The van der Waals surface area contributed by atoms with E-state index in [1.54, 1.807) is 7.11 Å². The zero-order chi connectivity index (χ0) is 12.8. The van der Waals surface area contributed by atoms with Crippen molar-refractivity contribution in [1.29, 1.82) is 0 Å². The van der Waals surface area contributed by atoms with Crippen LogP contribution in [0.15, 0.2) is 48.5 Å². The summed E-state index contributed by atoms with van der Waals surface area (Å²) in [6.07, 6.45) is 1.04. The van der Waals surface area contributed by atoms with Gasteiger partial charge in [-0.25, -0.2) is 0 Å². The Morgan fingerprint density at radius 3 is 2.33 bits per heavy atom. The van der Waals surface area contributed by atoms with E-state index >= 15 is 0 Å². The first-order chi connectivity index (χ1) is 8.85. The number of ether oxygens (including phenoxy) is 1. The Labute approximate surface area is 109 Å². The molecule has 1 N–H and O–H groups in total. The van der Waals surface area contributed by atoms with Crippen LogP contribution in [-0.4, -0.2) is 7.11 Å². The van der Waals surface area contributed by atoms with Gasteiger partial charge in [0.05, 0.1) is 7.11 Å². The highest BCUT2D eigenvalue weighted by Gasteiger charge is 2.03. The Morgan fingerprint density at radius 2 is 1.61 bits per heavy atom. The zero-order valence-corrected chi connectivity index (χ0v) is 10.9. The van der Waals surface area contributed by atoms with Crippen LogP contribution in [0.4, 0.5) is 5.69 Å². The van der Waals surface area contributed by atoms with Crippen molar-refractivity contribution in [2.45, 2.75) is 19.9 Å². The first kappa shape index (κ1) is 12.5. The highest BCUT2D eigenvalue weighted by molar-refractivity contribution is 5.52. The Morgan fingerprint density at radius 1 is 0.944 bits per heavy atom. The maximum absolute atomic E-state index is 5.35. The van der Waals surface area contributed by atoms with Gasteiger partial charge < -0.3 is 10.1 Å². The van der Waals surface area contributed by atoms with Crippen molar-refractivity contribution in [3.05, 3.63) is 59.7 Å². The molecule has 2 aromatic rings. The maximum atomic E-state index is 5.35. The van der Waals surface area contributed by atoms with Gasteiger partial charge in [0.25, 0.3) is 0 Å². The lowest BCUT2D eigenvalue weighted by Crippen LogP contribution is -2.03. The largest absolute Gasteiger partial charge is 0.496 e. The van der Waals surface area contributed by atoms with Gasteiger partial charge >= 0.3 is 0 Å². The van der Waals surface area contributed by atoms with Crippen molar-refractivity contribution in [1.82, 2.24) is 0 Å². The third kappa shape index (κ3) is 2.83. The summed E-state index contributed by atoms with van der Waals surface area (Å²) in [5.74, 6) is 0.930. The SMILES string of the molecule is CCc1ccccc1NCc1ccccc1OC. The van der Waals surface area contributed by atoms with Crippen LogP contribution in [0.25, 0.3) is 0 Å². The van der Waals surface area contributed by atoms with Gasteiger partial charge in [0.1, 0.15) is 5.75 Å². The Bertz CT molecular complexity index is 460. The smallest absolute Gasteiger partial charge is 0.123 e. The average molecular weight is 241 g/mol. The minimum Gasteiger partial charge on any atom is -0.496 e. The number of hydrogen-bond acceptors (Lipinski definition) is 2. The van der Waals surface area contributed by atoms with E-state index in [2.05, 4.69) is 42.6 Å². The summed E-state index contributed by atoms with van der Waals surface area (Å²) >= 11 is 0. The predicted octanol–water partition coefficient (Wildman–Crippen LogP) is 3.87. The van der Waals surface area contributed by atoms with Gasteiger partial charge in [0.2, 0.25) is 0 Å². The topological polar surface area (TPSA) is 21.3 Å². The number of para-hydroxylation sites is 2. The third-order valence-corrected chi connectivity index (χ3v) is 3.06. The van der Waals surface area contributed by atoms with Gasteiger partial charge in [-0.3, -0.25) is 0 Å². The van der Waals surface area contributed by atoms with Gasteiger partial charge in [0.15, 0.2) is 0 Å². The fraction of sp³-hybridized carbons (Fsp3) is 0.250. The molecule has 2 aromatic carbocycles. The van der Waals surface area contributed by atoms with E-state index in [-0.39, 0.29) is 0 Å². The molecule has 0 heterocycles. The van der Waals surface area contributed by atoms with Crippen LogP contribution >= 0.6 is 0 Å². The minimum absolute atomic E-state index is 0.779. The van der Waals surface area contributed by atoms with Gasteiger partial charge in [0, 0.05) is 17.8 Å². The molecule has 0 amide bonds. The molecular weight excluding hydrogens is 222 g/mol. The third-order valence-electron chi connectivity index (χ3n) is 3.06. The lowest BCUT2D eigenvalue weighted by molar-refractivity contribution is 0.410. The van der Waals surface area contributed by atoms with E-state index in [1.807, 2.05) is 18.2 Å². The highest BCUT2D eigenvalue weighted by atomic mass is 16.5. The number of anilines is 1. The molecule has 2 rings (SSSR count). The van der Waals surface area contributed by atoms with E-state index in [9.17, 15) is 0 Å². The second-order valence-electron chi connectivity index (χ2n) is 4.18. The summed E-state index contributed by atoms with van der Waals surface area (Å²) in [4.78, 5) is 0. The van der Waals surface area contributed by atoms with E-state index in [1.165, 1.54) is 16.8 Å². The molecule has 0 saturated carbocycles. The highest BCUT2D eigenvalue weighted by Crippen LogP contribution is 2.21. The molecule has 0 unspecified atom stereocenters. The molecule has 0 aliphatic heterocycles. The second kappa shape index (κ2) is 6.10. The molecular formula is C16H19NO. The first-order valence-electron chi connectivity index (χ1n) is 6.28. The van der Waals surface area contributed by atoms with E-state index in [4.69, 9.17) is 4.74 Å². The lowest BCUT2D eigenvalue weighted by Gasteiger charge is -2.13. The molecule has 0 atom stereocenters. The van der Waals surface area contributed by atoms with Crippen molar-refractivity contribution in [2.24, 2.45) is 0 Å². The number of rotatable bonds is 5. The van der Waals surface area contributed by atoms with Crippen LogP contribution in [0.2, 0.25) is 0 Å². The van der Waals surface area contributed by atoms with Gasteiger partial charge in [-0.1, -0.05) is 43.3 Å². The number of benzene rings is 2. The van der Waals surface area contributed by atoms with Crippen LogP contribution in [-0.2, 0) is 13.0 Å². The lowest BCUT2D eigenvalue weighted by atomic mass is 10.1. The normalized spacial score (nSPS) is 10.1.